The normalized spacial score (nSPS) is 14.9. The van der Waals surface area contributed by atoms with E-state index in [4.69, 9.17) is 0 Å². The molecule has 1 N–H and O–H groups in total. The van der Waals surface area contributed by atoms with Crippen LogP contribution in [0.2, 0.25) is 0 Å². The lowest BCUT2D eigenvalue weighted by atomic mass is 10.1. The first-order valence-corrected chi connectivity index (χ1v) is 10.1. The zero-order chi connectivity index (χ0) is 18.6. The Morgan fingerprint density at radius 3 is 2.33 bits per heavy atom. The first-order chi connectivity index (χ1) is 13.2. The van der Waals surface area contributed by atoms with Crippen LogP contribution in [0.4, 0.5) is 11.4 Å². The van der Waals surface area contributed by atoms with Gasteiger partial charge >= 0.3 is 0 Å². The molecule has 1 fully saturated rings. The number of hydrogen-bond donors (Lipinski definition) is 1. The number of carbonyl (C=O) groups excluding carboxylic acids is 1. The van der Waals surface area contributed by atoms with Crippen molar-refractivity contribution in [1.82, 2.24) is 4.90 Å². The third kappa shape index (κ3) is 4.04. The number of nitrogens with one attached hydrogen (secondary N) is 1. The van der Waals surface area contributed by atoms with Crippen molar-refractivity contribution in [3.05, 3.63) is 70.9 Å². The van der Waals surface area contributed by atoms with Gasteiger partial charge in [-0.3, -0.25) is 4.79 Å². The van der Waals surface area contributed by atoms with Gasteiger partial charge in [0, 0.05) is 43.1 Å². The molecule has 2 aromatic carbocycles. The summed E-state index contributed by atoms with van der Waals surface area (Å²) < 4.78 is 0. The monoisotopic (exact) mass is 377 g/mol. The van der Waals surface area contributed by atoms with Gasteiger partial charge in [-0.2, -0.15) is 0 Å². The molecular formula is C22H23N3OS. The van der Waals surface area contributed by atoms with Gasteiger partial charge in [-0.25, -0.2) is 0 Å². The lowest BCUT2D eigenvalue weighted by molar-refractivity contribution is 0.103. The standard InChI is InChI=1S/C22H23N3OS/c1-24-12-14-25(15-13-24)19-9-7-18(8-10-19)23-22(26)21-20(11-16-27-21)17-5-3-2-4-6-17/h2-11,16H,12-15H2,1H3,(H,23,26). The van der Waals surface area contributed by atoms with Crippen molar-refractivity contribution in [2.24, 2.45) is 0 Å². The van der Waals surface area contributed by atoms with Gasteiger partial charge in [0.25, 0.3) is 5.91 Å². The SMILES string of the molecule is CN1CCN(c2ccc(NC(=O)c3sccc3-c3ccccc3)cc2)CC1. The molecule has 5 heteroatoms. The molecule has 0 aliphatic carbocycles. The zero-order valence-corrected chi connectivity index (χ0v) is 16.2. The number of nitrogens with zero attached hydrogens (tertiary/aromatic N) is 2. The minimum atomic E-state index is -0.0591. The highest BCUT2D eigenvalue weighted by molar-refractivity contribution is 7.12. The predicted molar refractivity (Wildman–Crippen MR) is 114 cm³/mol. The highest BCUT2D eigenvalue weighted by atomic mass is 32.1. The highest BCUT2D eigenvalue weighted by Gasteiger charge is 2.16. The number of piperazine rings is 1. The molecule has 1 saturated heterocycles. The Bertz CT molecular complexity index is 897. The van der Waals surface area contributed by atoms with Crippen LogP contribution < -0.4 is 10.2 Å². The summed E-state index contributed by atoms with van der Waals surface area (Å²) in [6.45, 7) is 4.24. The number of thiophene rings is 1. The van der Waals surface area contributed by atoms with E-state index in [0.717, 1.165) is 47.9 Å². The summed E-state index contributed by atoms with van der Waals surface area (Å²) in [5.74, 6) is -0.0591. The van der Waals surface area contributed by atoms with E-state index in [9.17, 15) is 4.79 Å². The first-order valence-electron chi connectivity index (χ1n) is 9.18. The van der Waals surface area contributed by atoms with E-state index < -0.39 is 0 Å². The van der Waals surface area contributed by atoms with Crippen LogP contribution in [0.1, 0.15) is 9.67 Å². The summed E-state index contributed by atoms with van der Waals surface area (Å²) in [5, 5.41) is 5.00. The van der Waals surface area contributed by atoms with Crippen LogP contribution in [0.15, 0.2) is 66.0 Å². The summed E-state index contributed by atoms with van der Waals surface area (Å²) >= 11 is 1.47. The topological polar surface area (TPSA) is 35.6 Å². The number of rotatable bonds is 4. The Kier molecular flexibility index (Phi) is 5.23. The van der Waals surface area contributed by atoms with Gasteiger partial charge < -0.3 is 15.1 Å². The van der Waals surface area contributed by atoms with Crippen molar-refractivity contribution in [2.75, 3.05) is 43.4 Å². The molecule has 1 amide bonds. The summed E-state index contributed by atoms with van der Waals surface area (Å²) in [6, 6.07) is 20.2. The lowest BCUT2D eigenvalue weighted by Gasteiger charge is -2.34. The molecular weight excluding hydrogens is 354 g/mol. The van der Waals surface area contributed by atoms with E-state index in [0.29, 0.717) is 0 Å². The average Bonchev–Trinajstić information content (AvgIpc) is 3.20. The molecule has 1 aliphatic heterocycles. The van der Waals surface area contributed by atoms with Crippen molar-refractivity contribution in [3.8, 4) is 11.1 Å². The smallest absolute Gasteiger partial charge is 0.266 e. The van der Waals surface area contributed by atoms with Crippen molar-refractivity contribution >= 4 is 28.6 Å². The van der Waals surface area contributed by atoms with Crippen LogP contribution in [-0.4, -0.2) is 44.0 Å². The molecule has 1 aliphatic rings. The van der Waals surface area contributed by atoms with E-state index in [2.05, 4.69) is 34.3 Å². The molecule has 0 spiro atoms. The molecule has 0 bridgehead atoms. The molecule has 138 valence electrons. The van der Waals surface area contributed by atoms with Crippen LogP contribution in [0, 0.1) is 0 Å². The van der Waals surface area contributed by atoms with E-state index in [-0.39, 0.29) is 5.91 Å². The molecule has 0 radical (unpaired) electrons. The molecule has 0 saturated carbocycles. The molecule has 4 rings (SSSR count). The maximum atomic E-state index is 12.8. The highest BCUT2D eigenvalue weighted by Crippen LogP contribution is 2.29. The fourth-order valence-corrected chi connectivity index (χ4v) is 4.15. The average molecular weight is 378 g/mol. The van der Waals surface area contributed by atoms with Crippen LogP contribution in [0.5, 0.6) is 0 Å². The number of benzene rings is 2. The number of carbonyl (C=O) groups is 1. The van der Waals surface area contributed by atoms with Gasteiger partial charge in [-0.1, -0.05) is 30.3 Å². The fraction of sp³-hybridized carbons (Fsp3) is 0.227. The molecule has 0 atom stereocenters. The second kappa shape index (κ2) is 7.94. The number of amides is 1. The number of hydrogen-bond acceptors (Lipinski definition) is 4. The van der Waals surface area contributed by atoms with Crippen molar-refractivity contribution < 1.29 is 4.79 Å². The minimum absolute atomic E-state index is 0.0591. The Morgan fingerprint density at radius 1 is 0.926 bits per heavy atom. The van der Waals surface area contributed by atoms with Gasteiger partial charge in [0.15, 0.2) is 0 Å². The Hall–Kier alpha value is -2.63. The molecule has 1 aromatic heterocycles. The summed E-state index contributed by atoms with van der Waals surface area (Å²) in [5.41, 5.74) is 4.08. The third-order valence-electron chi connectivity index (χ3n) is 4.95. The Balaban J connectivity index is 1.46. The van der Waals surface area contributed by atoms with Gasteiger partial charge in [-0.05, 0) is 48.3 Å². The molecule has 0 unspecified atom stereocenters. The van der Waals surface area contributed by atoms with Crippen LogP contribution in [-0.2, 0) is 0 Å². The van der Waals surface area contributed by atoms with Gasteiger partial charge in [0.2, 0.25) is 0 Å². The summed E-state index contributed by atoms with van der Waals surface area (Å²) in [7, 11) is 2.16. The zero-order valence-electron chi connectivity index (χ0n) is 15.4. The van der Waals surface area contributed by atoms with Crippen LogP contribution in [0.25, 0.3) is 11.1 Å². The molecule has 27 heavy (non-hydrogen) atoms. The Morgan fingerprint density at radius 2 is 1.63 bits per heavy atom. The van der Waals surface area contributed by atoms with Gasteiger partial charge in [0.05, 0.1) is 4.88 Å². The predicted octanol–water partition coefficient (Wildman–Crippen LogP) is 4.42. The summed E-state index contributed by atoms with van der Waals surface area (Å²) in [6.07, 6.45) is 0. The summed E-state index contributed by atoms with van der Waals surface area (Å²) in [4.78, 5) is 18.2. The second-order valence-electron chi connectivity index (χ2n) is 6.82. The van der Waals surface area contributed by atoms with Crippen molar-refractivity contribution in [1.29, 1.82) is 0 Å². The minimum Gasteiger partial charge on any atom is -0.369 e. The lowest BCUT2D eigenvalue weighted by Crippen LogP contribution is -2.44. The Labute approximate surface area is 164 Å². The van der Waals surface area contributed by atoms with Gasteiger partial charge in [0.1, 0.15) is 0 Å². The second-order valence-corrected chi connectivity index (χ2v) is 7.74. The van der Waals surface area contributed by atoms with E-state index in [1.807, 2.05) is 53.9 Å². The van der Waals surface area contributed by atoms with E-state index >= 15 is 0 Å². The maximum Gasteiger partial charge on any atom is 0.266 e. The van der Waals surface area contributed by atoms with Crippen LogP contribution >= 0.6 is 11.3 Å². The fourth-order valence-electron chi connectivity index (χ4n) is 3.34. The van der Waals surface area contributed by atoms with Crippen molar-refractivity contribution in [2.45, 2.75) is 0 Å². The number of anilines is 2. The first kappa shape index (κ1) is 17.8. The quantitative estimate of drug-likeness (QED) is 0.731. The molecule has 4 nitrogen and oxygen atoms in total. The number of likely N-dealkylation sites (N-methyl/N-ethyl adjacent to an activating group) is 1. The van der Waals surface area contributed by atoms with E-state index in [1.54, 1.807) is 0 Å². The maximum absolute atomic E-state index is 12.8. The van der Waals surface area contributed by atoms with E-state index in [1.165, 1.54) is 17.0 Å². The molecule has 3 aromatic rings. The van der Waals surface area contributed by atoms with Crippen molar-refractivity contribution in [3.63, 3.8) is 0 Å². The largest absolute Gasteiger partial charge is 0.369 e. The third-order valence-corrected chi connectivity index (χ3v) is 5.86. The molecule has 2 heterocycles. The van der Waals surface area contributed by atoms with Crippen LogP contribution in [0.3, 0.4) is 0 Å². The van der Waals surface area contributed by atoms with Gasteiger partial charge in [-0.15, -0.1) is 11.3 Å².